The molecule has 1 aromatic carbocycles. The summed E-state index contributed by atoms with van der Waals surface area (Å²) in [7, 11) is 0. The van der Waals surface area contributed by atoms with E-state index < -0.39 is 90.6 Å². The molecular weight excluding hydrogens is 456 g/mol. The van der Waals surface area contributed by atoms with Crippen LogP contribution in [0.3, 0.4) is 0 Å². The van der Waals surface area contributed by atoms with Crippen LogP contribution in [0.5, 0.6) is 0 Å². The van der Waals surface area contributed by atoms with Crippen molar-refractivity contribution in [2.45, 2.75) is 18.3 Å². The molecule has 0 aromatic heterocycles. The molecule has 0 saturated heterocycles. The molecule has 33 heavy (non-hydrogen) atoms. The molecule has 0 saturated carbocycles. The van der Waals surface area contributed by atoms with Gasteiger partial charge in [-0.1, -0.05) is 6.07 Å². The number of hydrogen-bond donors (Lipinski definition) is 6. The molecule has 0 heterocycles. The number of aliphatic hydroxyl groups excluding tert-OH is 6. The van der Waals surface area contributed by atoms with Gasteiger partial charge in [0.05, 0.1) is 36.5 Å². The van der Waals surface area contributed by atoms with Gasteiger partial charge in [0.15, 0.2) is 18.3 Å². The zero-order valence-corrected chi connectivity index (χ0v) is 16.4. The molecule has 1 aromatic rings. The molecule has 0 spiro atoms. The second kappa shape index (κ2) is 12.4. The molecule has 180 valence electrons. The number of aliphatic hydroxyl groups is 6. The minimum atomic E-state index is -2.19. The Bertz CT molecular complexity index is 883. The van der Waals surface area contributed by atoms with Crippen molar-refractivity contribution in [3.63, 3.8) is 0 Å². The van der Waals surface area contributed by atoms with Crippen LogP contribution in [0.1, 0.15) is 31.1 Å². The van der Waals surface area contributed by atoms with E-state index in [1.165, 1.54) is 0 Å². The van der Waals surface area contributed by atoms with Crippen LogP contribution in [0.4, 0.5) is 0 Å². The third-order valence-electron chi connectivity index (χ3n) is 3.62. The average Bonchev–Trinajstić information content (AvgIpc) is 2.81. The summed E-state index contributed by atoms with van der Waals surface area (Å²) in [4.78, 5) is 71.8. The molecule has 1 rings (SSSR count). The zero-order valence-electron chi connectivity index (χ0n) is 16.4. The first kappa shape index (κ1) is 27.4. The molecular formula is C18H18O15. The van der Waals surface area contributed by atoms with Crippen LogP contribution in [0.15, 0.2) is 18.2 Å². The lowest BCUT2D eigenvalue weighted by Gasteiger charge is -2.14. The molecule has 0 aliphatic carbocycles. The highest BCUT2D eigenvalue weighted by molar-refractivity contribution is 6.14. The Hall–Kier alpha value is -3.60. The summed E-state index contributed by atoms with van der Waals surface area (Å²) < 4.78 is 12.8. The molecule has 3 unspecified atom stereocenters. The van der Waals surface area contributed by atoms with Crippen molar-refractivity contribution in [2.24, 2.45) is 0 Å². The van der Waals surface area contributed by atoms with Crippen molar-refractivity contribution in [2.75, 3.05) is 19.8 Å². The van der Waals surface area contributed by atoms with Crippen molar-refractivity contribution in [1.82, 2.24) is 0 Å². The predicted molar refractivity (Wildman–Crippen MR) is 97.0 cm³/mol. The number of benzene rings is 1. The SMILES string of the molecule is O=C(OC(=O)C(O)CO)c1cccc(C(=O)OC(=O)C(O)CO)c1C(=O)OC(=O)C(O)CO. The van der Waals surface area contributed by atoms with Gasteiger partial charge in [0.2, 0.25) is 0 Å². The van der Waals surface area contributed by atoms with Crippen LogP contribution in [0, 0.1) is 0 Å². The van der Waals surface area contributed by atoms with Gasteiger partial charge in [-0.15, -0.1) is 0 Å². The van der Waals surface area contributed by atoms with E-state index in [4.69, 9.17) is 15.3 Å². The van der Waals surface area contributed by atoms with Crippen molar-refractivity contribution in [1.29, 1.82) is 0 Å². The van der Waals surface area contributed by atoms with Crippen molar-refractivity contribution in [3.8, 4) is 0 Å². The van der Waals surface area contributed by atoms with E-state index in [1.807, 2.05) is 0 Å². The normalized spacial score (nSPS) is 13.3. The number of esters is 6. The highest BCUT2D eigenvalue weighted by atomic mass is 16.6. The minimum absolute atomic E-state index is 0.797. The van der Waals surface area contributed by atoms with E-state index in [1.54, 1.807) is 0 Å². The standard InChI is InChI=1S/C18H18O15/c19-4-9(22)15(27)31-13(25)7-2-1-3-8(14(26)32-16(28)10(23)5-20)12(7)18(30)33-17(29)11(24)6-21/h1-3,9-11,19-24H,4-6H2. The molecule has 6 N–H and O–H groups in total. The Labute approximate surface area is 183 Å². The van der Waals surface area contributed by atoms with Gasteiger partial charge in [-0.3, -0.25) is 0 Å². The van der Waals surface area contributed by atoms with Crippen LogP contribution >= 0.6 is 0 Å². The van der Waals surface area contributed by atoms with Gasteiger partial charge in [-0.25, -0.2) is 28.8 Å². The van der Waals surface area contributed by atoms with Gasteiger partial charge in [0.25, 0.3) is 0 Å². The molecule has 0 fully saturated rings. The summed E-state index contributed by atoms with van der Waals surface area (Å²) in [6.45, 7) is -3.42. The first-order valence-corrected chi connectivity index (χ1v) is 8.76. The molecule has 0 amide bonds. The van der Waals surface area contributed by atoms with E-state index in [2.05, 4.69) is 14.2 Å². The molecule has 0 aliphatic heterocycles. The summed E-state index contributed by atoms with van der Waals surface area (Å²) in [5.74, 6) is -10.1. The lowest BCUT2D eigenvalue weighted by molar-refractivity contribution is -0.150. The highest BCUT2D eigenvalue weighted by Crippen LogP contribution is 2.20. The fourth-order valence-electron chi connectivity index (χ4n) is 1.98. The first-order valence-electron chi connectivity index (χ1n) is 8.76. The van der Waals surface area contributed by atoms with Gasteiger partial charge in [0, 0.05) is 0 Å². The van der Waals surface area contributed by atoms with Crippen LogP contribution < -0.4 is 0 Å². The second-order valence-corrected chi connectivity index (χ2v) is 5.95. The number of carbonyl (C=O) groups is 6. The molecule has 0 radical (unpaired) electrons. The average molecular weight is 474 g/mol. The van der Waals surface area contributed by atoms with E-state index in [-0.39, 0.29) is 0 Å². The number of hydrogen-bond acceptors (Lipinski definition) is 15. The van der Waals surface area contributed by atoms with Crippen LogP contribution in [-0.2, 0) is 28.6 Å². The van der Waals surface area contributed by atoms with Crippen molar-refractivity contribution in [3.05, 3.63) is 34.9 Å². The van der Waals surface area contributed by atoms with Gasteiger partial charge in [-0.2, -0.15) is 0 Å². The number of ether oxygens (including phenoxy) is 3. The van der Waals surface area contributed by atoms with Gasteiger partial charge in [-0.05, 0) is 12.1 Å². The highest BCUT2D eigenvalue weighted by Gasteiger charge is 2.33. The van der Waals surface area contributed by atoms with Crippen LogP contribution in [0.25, 0.3) is 0 Å². The molecule has 0 bridgehead atoms. The monoisotopic (exact) mass is 474 g/mol. The summed E-state index contributed by atoms with van der Waals surface area (Å²) in [6.07, 6.45) is -6.47. The maximum absolute atomic E-state index is 12.5. The Kier molecular flexibility index (Phi) is 10.3. The molecule has 3 atom stereocenters. The Balaban J connectivity index is 3.45. The maximum atomic E-state index is 12.5. The van der Waals surface area contributed by atoms with E-state index in [0.29, 0.717) is 0 Å². The topological polar surface area (TPSA) is 251 Å². The van der Waals surface area contributed by atoms with Crippen molar-refractivity contribution >= 4 is 35.8 Å². The van der Waals surface area contributed by atoms with Gasteiger partial charge < -0.3 is 44.8 Å². The third-order valence-corrected chi connectivity index (χ3v) is 3.62. The summed E-state index contributed by atoms with van der Waals surface area (Å²) in [6, 6.07) is 2.53. The van der Waals surface area contributed by atoms with Crippen LogP contribution in [-0.4, -0.2) is 105 Å². The first-order chi connectivity index (χ1) is 15.5. The lowest BCUT2D eigenvalue weighted by Crippen LogP contribution is -2.32. The van der Waals surface area contributed by atoms with Gasteiger partial charge in [0.1, 0.15) is 0 Å². The van der Waals surface area contributed by atoms with Crippen LogP contribution in [0.2, 0.25) is 0 Å². The quantitative estimate of drug-likeness (QED) is 0.113. The second-order valence-electron chi connectivity index (χ2n) is 5.95. The predicted octanol–water partition coefficient (Wildman–Crippen LogP) is -4.20. The van der Waals surface area contributed by atoms with Gasteiger partial charge >= 0.3 is 35.8 Å². The largest absolute Gasteiger partial charge is 0.393 e. The van der Waals surface area contributed by atoms with E-state index in [9.17, 15) is 44.1 Å². The Morgan fingerprint density at radius 2 is 0.909 bits per heavy atom. The Morgan fingerprint density at radius 1 is 0.606 bits per heavy atom. The lowest BCUT2D eigenvalue weighted by atomic mass is 10.0. The molecule has 0 aliphatic rings. The molecule has 15 heteroatoms. The van der Waals surface area contributed by atoms with E-state index in [0.717, 1.165) is 18.2 Å². The minimum Gasteiger partial charge on any atom is -0.393 e. The summed E-state index contributed by atoms with van der Waals surface area (Å²) in [5.41, 5.74) is -2.95. The Morgan fingerprint density at radius 3 is 1.21 bits per heavy atom. The molecule has 15 nitrogen and oxygen atoms in total. The maximum Gasteiger partial charge on any atom is 0.347 e. The van der Waals surface area contributed by atoms with E-state index >= 15 is 0 Å². The third kappa shape index (κ3) is 7.21. The summed E-state index contributed by atoms with van der Waals surface area (Å²) in [5, 5.41) is 53.8. The number of rotatable bonds is 9. The van der Waals surface area contributed by atoms with Crippen molar-refractivity contribution < 1.29 is 73.6 Å². The number of carbonyl (C=O) groups excluding carboxylic acids is 6. The zero-order chi connectivity index (χ0) is 25.3. The fraction of sp³-hybridized carbons (Fsp3) is 0.333. The fourth-order valence-corrected chi connectivity index (χ4v) is 1.98. The summed E-state index contributed by atoms with van der Waals surface area (Å²) >= 11 is 0. The smallest absolute Gasteiger partial charge is 0.347 e.